The van der Waals surface area contributed by atoms with Crippen molar-refractivity contribution >= 4 is 11.9 Å². The van der Waals surface area contributed by atoms with Crippen molar-refractivity contribution in [3.63, 3.8) is 0 Å². The molecule has 118 valence electrons. The Balaban J connectivity index is 2.36. The first kappa shape index (κ1) is 16.0. The minimum atomic E-state index is -0.960. The monoisotopic (exact) mass is 295 g/mol. The van der Waals surface area contributed by atoms with Gasteiger partial charge in [-0.3, -0.25) is 9.69 Å². The van der Waals surface area contributed by atoms with Crippen LogP contribution in [0.4, 0.5) is 0 Å². The van der Waals surface area contributed by atoms with Crippen LogP contribution in [-0.2, 0) is 19.1 Å². The topological polar surface area (TPSA) is 55.8 Å². The maximum Gasteiger partial charge on any atom is 0.334 e. The molecule has 2 aliphatic rings. The first-order valence-corrected chi connectivity index (χ1v) is 7.68. The smallest absolute Gasteiger partial charge is 0.334 e. The third-order valence-corrected chi connectivity index (χ3v) is 4.89. The van der Waals surface area contributed by atoms with Crippen molar-refractivity contribution in [3.05, 3.63) is 12.7 Å². The molecule has 0 unspecified atom stereocenters. The van der Waals surface area contributed by atoms with Gasteiger partial charge >= 0.3 is 5.97 Å². The fourth-order valence-corrected chi connectivity index (χ4v) is 3.63. The number of fused-ring (bicyclic) bond motifs is 1. The number of allylic oxidation sites excluding steroid dienone is 1. The first-order chi connectivity index (χ1) is 10.0. The van der Waals surface area contributed by atoms with E-state index < -0.39 is 5.54 Å². The Hall–Kier alpha value is -1.36. The van der Waals surface area contributed by atoms with Crippen molar-refractivity contribution in [2.24, 2.45) is 11.8 Å². The van der Waals surface area contributed by atoms with Crippen LogP contribution in [0.25, 0.3) is 0 Å². The van der Waals surface area contributed by atoms with Crippen LogP contribution < -0.4 is 0 Å². The summed E-state index contributed by atoms with van der Waals surface area (Å²) in [6, 6.07) is 0. The average molecular weight is 295 g/mol. The highest BCUT2D eigenvalue weighted by Gasteiger charge is 2.66. The minimum Gasteiger partial charge on any atom is -0.467 e. The highest BCUT2D eigenvalue weighted by molar-refractivity contribution is 5.94. The maximum atomic E-state index is 12.8. The van der Waals surface area contributed by atoms with Crippen LogP contribution in [-0.4, -0.2) is 42.3 Å². The molecular weight excluding hydrogens is 270 g/mol. The van der Waals surface area contributed by atoms with Gasteiger partial charge in [0.05, 0.1) is 13.7 Å². The van der Waals surface area contributed by atoms with Gasteiger partial charge in [-0.1, -0.05) is 26.3 Å². The molecule has 0 aromatic heterocycles. The van der Waals surface area contributed by atoms with Gasteiger partial charge in [0, 0.05) is 11.8 Å². The quantitative estimate of drug-likeness (QED) is 0.556. The number of rotatable bonds is 6. The van der Waals surface area contributed by atoms with E-state index in [2.05, 4.69) is 13.5 Å². The van der Waals surface area contributed by atoms with Gasteiger partial charge in [-0.05, 0) is 19.3 Å². The summed E-state index contributed by atoms with van der Waals surface area (Å²) in [5, 5.41) is 0. The molecular formula is C16H25NO4. The van der Waals surface area contributed by atoms with E-state index in [1.165, 1.54) is 7.11 Å². The third-order valence-electron chi connectivity index (χ3n) is 4.89. The second-order valence-electron chi connectivity index (χ2n) is 5.95. The molecule has 21 heavy (non-hydrogen) atoms. The number of hydrogen-bond donors (Lipinski definition) is 0. The van der Waals surface area contributed by atoms with Gasteiger partial charge in [0.15, 0.2) is 5.54 Å². The van der Waals surface area contributed by atoms with Crippen molar-refractivity contribution < 1.29 is 19.1 Å². The zero-order valence-electron chi connectivity index (χ0n) is 13.1. The van der Waals surface area contributed by atoms with Gasteiger partial charge in [0.25, 0.3) is 0 Å². The van der Waals surface area contributed by atoms with E-state index in [1.54, 1.807) is 11.0 Å². The molecule has 5 heteroatoms. The summed E-state index contributed by atoms with van der Waals surface area (Å²) >= 11 is 0. The molecule has 0 saturated carbocycles. The van der Waals surface area contributed by atoms with Crippen molar-refractivity contribution in [3.8, 4) is 0 Å². The second kappa shape index (κ2) is 6.18. The number of carbonyl (C=O) groups is 2. The molecule has 4 atom stereocenters. The molecule has 2 heterocycles. The van der Waals surface area contributed by atoms with Gasteiger partial charge in [-0.15, -0.1) is 6.58 Å². The molecule has 0 aromatic carbocycles. The molecule has 5 nitrogen and oxygen atoms in total. The maximum absolute atomic E-state index is 12.8. The van der Waals surface area contributed by atoms with E-state index in [0.29, 0.717) is 6.42 Å². The lowest BCUT2D eigenvalue weighted by molar-refractivity contribution is -0.157. The van der Waals surface area contributed by atoms with Gasteiger partial charge in [0.2, 0.25) is 5.91 Å². The van der Waals surface area contributed by atoms with Crippen molar-refractivity contribution in [1.29, 1.82) is 0 Å². The minimum absolute atomic E-state index is 0.00796. The zero-order chi connectivity index (χ0) is 15.6. The van der Waals surface area contributed by atoms with Crippen LogP contribution in [0.3, 0.4) is 0 Å². The summed E-state index contributed by atoms with van der Waals surface area (Å²) in [6.07, 6.45) is 4.76. The number of ether oxygens (including phenoxy) is 2. The number of carbonyl (C=O) groups excluding carboxylic acids is 2. The summed E-state index contributed by atoms with van der Waals surface area (Å²) in [4.78, 5) is 26.9. The molecule has 0 radical (unpaired) electrons. The SMILES string of the molecule is C=CC[C@@H]1C(=O)N2[C@@H](CCCC)OC[C@]2(C(=O)OC)[C@H]1C. The van der Waals surface area contributed by atoms with Crippen LogP contribution in [0.1, 0.15) is 39.5 Å². The fraction of sp³-hybridized carbons (Fsp3) is 0.750. The van der Waals surface area contributed by atoms with Gasteiger partial charge in [0.1, 0.15) is 6.23 Å². The molecule has 0 spiro atoms. The number of methoxy groups -OCH3 is 1. The Morgan fingerprint density at radius 2 is 2.33 bits per heavy atom. The second-order valence-corrected chi connectivity index (χ2v) is 5.95. The molecule has 0 bridgehead atoms. The third kappa shape index (κ3) is 2.27. The number of nitrogens with zero attached hydrogens (tertiary/aromatic N) is 1. The average Bonchev–Trinajstić information content (AvgIpc) is 2.96. The summed E-state index contributed by atoms with van der Waals surface area (Å²) < 4.78 is 10.8. The van der Waals surface area contributed by atoms with E-state index in [9.17, 15) is 9.59 Å². The highest BCUT2D eigenvalue weighted by atomic mass is 16.6. The largest absolute Gasteiger partial charge is 0.467 e. The Morgan fingerprint density at radius 1 is 1.62 bits per heavy atom. The van der Waals surface area contributed by atoms with Gasteiger partial charge in [-0.2, -0.15) is 0 Å². The Bertz CT molecular complexity index is 436. The van der Waals surface area contributed by atoms with E-state index in [1.807, 2.05) is 6.92 Å². The van der Waals surface area contributed by atoms with Gasteiger partial charge in [-0.25, -0.2) is 4.79 Å². The van der Waals surface area contributed by atoms with Gasteiger partial charge < -0.3 is 9.47 Å². The summed E-state index contributed by atoms with van der Waals surface area (Å²) in [7, 11) is 1.37. The van der Waals surface area contributed by atoms with E-state index in [4.69, 9.17) is 9.47 Å². The summed E-state index contributed by atoms with van der Waals surface area (Å²) in [5.41, 5.74) is -0.960. The van der Waals surface area contributed by atoms with Crippen LogP contribution in [0, 0.1) is 11.8 Å². The first-order valence-electron chi connectivity index (χ1n) is 7.68. The Kier molecular flexibility index (Phi) is 4.71. The summed E-state index contributed by atoms with van der Waals surface area (Å²) in [5.74, 6) is -0.725. The number of esters is 1. The predicted molar refractivity (Wildman–Crippen MR) is 78.3 cm³/mol. The van der Waals surface area contributed by atoms with Crippen molar-refractivity contribution in [2.45, 2.75) is 51.3 Å². The standard InChI is InChI=1S/C16H25NO4/c1-5-7-9-13-17-14(18)12(8-6-2)11(3)16(17,10-21-13)15(19)20-4/h6,11-13H,2,5,7-10H2,1,3-4H3/t11-,12-,13+,16+/m0/s1. The molecule has 0 N–H and O–H groups in total. The number of amides is 1. The Labute approximate surface area is 126 Å². The molecule has 2 rings (SSSR count). The van der Waals surface area contributed by atoms with E-state index in [-0.39, 0.29) is 36.5 Å². The van der Waals surface area contributed by atoms with Crippen LogP contribution in [0.15, 0.2) is 12.7 Å². The molecule has 1 amide bonds. The molecule has 0 aromatic rings. The van der Waals surface area contributed by atoms with E-state index in [0.717, 1.165) is 19.3 Å². The van der Waals surface area contributed by atoms with Crippen LogP contribution >= 0.6 is 0 Å². The lowest BCUT2D eigenvalue weighted by atomic mass is 9.80. The summed E-state index contributed by atoms with van der Waals surface area (Å²) in [6.45, 7) is 7.99. The lowest BCUT2D eigenvalue weighted by Crippen LogP contribution is -2.55. The fourth-order valence-electron chi connectivity index (χ4n) is 3.63. The van der Waals surface area contributed by atoms with Crippen molar-refractivity contribution in [1.82, 2.24) is 4.90 Å². The van der Waals surface area contributed by atoms with E-state index >= 15 is 0 Å². The highest BCUT2D eigenvalue weighted by Crippen LogP contribution is 2.48. The normalized spacial score (nSPS) is 34.9. The zero-order valence-corrected chi connectivity index (χ0v) is 13.1. The number of hydrogen-bond acceptors (Lipinski definition) is 4. The lowest BCUT2D eigenvalue weighted by Gasteiger charge is -2.32. The number of unbranched alkanes of at least 4 members (excludes halogenated alkanes) is 1. The molecule has 2 aliphatic heterocycles. The van der Waals surface area contributed by atoms with Crippen LogP contribution in [0.2, 0.25) is 0 Å². The molecule has 2 saturated heterocycles. The molecule has 2 fully saturated rings. The molecule has 0 aliphatic carbocycles. The van der Waals surface area contributed by atoms with Crippen molar-refractivity contribution in [2.75, 3.05) is 13.7 Å². The van der Waals surface area contributed by atoms with Crippen LogP contribution in [0.5, 0.6) is 0 Å². The Morgan fingerprint density at radius 3 is 2.90 bits per heavy atom. The predicted octanol–water partition coefficient (Wildman–Crippen LogP) is 2.12.